The molecule has 1 aliphatic rings. The van der Waals surface area contributed by atoms with Crippen LogP contribution in [0.5, 0.6) is 17.2 Å². The summed E-state index contributed by atoms with van der Waals surface area (Å²) in [6, 6.07) is 10.5. The van der Waals surface area contributed by atoms with E-state index < -0.39 is 0 Å². The Bertz CT molecular complexity index is 969. The quantitative estimate of drug-likeness (QED) is 0.521. The van der Waals surface area contributed by atoms with E-state index in [9.17, 15) is 9.59 Å². The molecule has 0 saturated heterocycles. The van der Waals surface area contributed by atoms with Gasteiger partial charge in [-0.3, -0.25) is 4.79 Å². The number of carbonyl (C=O) groups is 2. The Balaban J connectivity index is 1.86. The monoisotopic (exact) mass is 455 g/mol. The van der Waals surface area contributed by atoms with Crippen molar-refractivity contribution in [2.75, 3.05) is 34.0 Å². The van der Waals surface area contributed by atoms with Crippen molar-refractivity contribution < 1.29 is 28.5 Å². The van der Waals surface area contributed by atoms with Crippen molar-refractivity contribution in [3.8, 4) is 17.2 Å². The lowest BCUT2D eigenvalue weighted by molar-refractivity contribution is -0.135. The first-order valence-electron chi connectivity index (χ1n) is 11.3. The van der Waals surface area contributed by atoms with Gasteiger partial charge in [0.1, 0.15) is 12.4 Å². The molecular weight excluding hydrogens is 422 g/mol. The van der Waals surface area contributed by atoms with Crippen molar-refractivity contribution in [3.63, 3.8) is 0 Å². The normalized spacial score (nSPS) is 15.1. The fraction of sp³-hybridized carbons (Fsp3) is 0.462. The van der Waals surface area contributed by atoms with E-state index in [1.807, 2.05) is 30.9 Å². The number of methoxy groups -OCH3 is 2. The van der Waals surface area contributed by atoms with Crippen LogP contribution < -0.4 is 14.2 Å². The van der Waals surface area contributed by atoms with Crippen LogP contribution >= 0.6 is 0 Å². The number of fused-ring (bicyclic) bond motifs is 1. The molecule has 1 amide bonds. The number of amides is 1. The summed E-state index contributed by atoms with van der Waals surface area (Å²) < 4.78 is 22.1. The number of benzene rings is 2. The van der Waals surface area contributed by atoms with E-state index >= 15 is 0 Å². The smallest absolute Gasteiger partial charge is 0.338 e. The van der Waals surface area contributed by atoms with Gasteiger partial charge in [-0.05, 0) is 66.8 Å². The van der Waals surface area contributed by atoms with Crippen LogP contribution in [-0.2, 0) is 16.0 Å². The molecule has 0 fully saturated rings. The van der Waals surface area contributed by atoms with E-state index in [0.717, 1.165) is 17.5 Å². The van der Waals surface area contributed by atoms with Crippen LogP contribution in [0, 0.1) is 5.92 Å². The number of ether oxygens (including phenoxy) is 4. The van der Waals surface area contributed by atoms with E-state index in [0.29, 0.717) is 42.4 Å². The molecule has 0 aliphatic carbocycles. The highest BCUT2D eigenvalue weighted by atomic mass is 16.5. The summed E-state index contributed by atoms with van der Waals surface area (Å²) >= 11 is 0. The minimum atomic E-state index is -0.364. The lowest BCUT2D eigenvalue weighted by Crippen LogP contribution is -2.43. The average Bonchev–Trinajstić information content (AvgIpc) is 2.81. The molecule has 0 radical (unpaired) electrons. The molecular formula is C26H33NO6. The first-order chi connectivity index (χ1) is 15.9. The van der Waals surface area contributed by atoms with Gasteiger partial charge in [-0.25, -0.2) is 4.79 Å². The molecule has 1 atom stereocenters. The zero-order valence-electron chi connectivity index (χ0n) is 20.1. The molecule has 3 rings (SSSR count). The van der Waals surface area contributed by atoms with E-state index in [-0.39, 0.29) is 30.4 Å². The molecule has 7 heteroatoms. The summed E-state index contributed by atoms with van der Waals surface area (Å²) in [5.41, 5.74) is 2.59. The zero-order valence-corrected chi connectivity index (χ0v) is 20.1. The van der Waals surface area contributed by atoms with Gasteiger partial charge in [-0.1, -0.05) is 13.8 Å². The average molecular weight is 456 g/mol. The van der Waals surface area contributed by atoms with Gasteiger partial charge in [0.05, 0.1) is 32.4 Å². The number of nitrogens with zero attached hydrogens (tertiary/aromatic N) is 1. The second-order valence-corrected chi connectivity index (χ2v) is 8.41. The molecule has 0 N–H and O–H groups in total. The Morgan fingerprint density at radius 3 is 2.33 bits per heavy atom. The highest BCUT2D eigenvalue weighted by Crippen LogP contribution is 2.38. The maximum absolute atomic E-state index is 13.1. The molecule has 0 spiro atoms. The molecule has 1 heterocycles. The first-order valence-corrected chi connectivity index (χ1v) is 11.3. The fourth-order valence-electron chi connectivity index (χ4n) is 4.05. The SMILES string of the molecule is CCOC(=O)c1ccc(OC[C@@H]2c3cc(OC)c(OC)cc3CCN2C(=O)CC(C)C)cc1. The molecule has 0 bridgehead atoms. The second kappa shape index (κ2) is 11.1. The van der Waals surface area contributed by atoms with Crippen molar-refractivity contribution in [1.29, 1.82) is 0 Å². The van der Waals surface area contributed by atoms with E-state index in [4.69, 9.17) is 18.9 Å². The number of rotatable bonds is 9. The molecule has 0 saturated carbocycles. The summed E-state index contributed by atoms with van der Waals surface area (Å²) in [5, 5.41) is 0. The summed E-state index contributed by atoms with van der Waals surface area (Å²) in [6.45, 7) is 7.08. The van der Waals surface area contributed by atoms with Gasteiger partial charge < -0.3 is 23.8 Å². The summed E-state index contributed by atoms with van der Waals surface area (Å²) in [5.74, 6) is 1.92. The maximum Gasteiger partial charge on any atom is 0.338 e. The summed E-state index contributed by atoms with van der Waals surface area (Å²) in [7, 11) is 3.22. The van der Waals surface area contributed by atoms with Gasteiger partial charge >= 0.3 is 5.97 Å². The minimum Gasteiger partial charge on any atom is -0.493 e. The Morgan fingerprint density at radius 2 is 1.73 bits per heavy atom. The highest BCUT2D eigenvalue weighted by Gasteiger charge is 2.33. The number of carbonyl (C=O) groups excluding carboxylic acids is 2. The van der Waals surface area contributed by atoms with Crippen LogP contribution in [0.1, 0.15) is 54.7 Å². The zero-order chi connectivity index (χ0) is 24.0. The van der Waals surface area contributed by atoms with Crippen molar-refractivity contribution in [3.05, 3.63) is 53.1 Å². The van der Waals surface area contributed by atoms with E-state index in [1.54, 1.807) is 45.4 Å². The highest BCUT2D eigenvalue weighted by molar-refractivity contribution is 5.89. The summed E-state index contributed by atoms with van der Waals surface area (Å²) in [6.07, 6.45) is 1.22. The van der Waals surface area contributed by atoms with Gasteiger partial charge in [0, 0.05) is 13.0 Å². The Morgan fingerprint density at radius 1 is 1.06 bits per heavy atom. The van der Waals surface area contributed by atoms with E-state index in [2.05, 4.69) is 0 Å². The fourth-order valence-corrected chi connectivity index (χ4v) is 4.05. The minimum absolute atomic E-state index is 0.108. The van der Waals surface area contributed by atoms with Crippen LogP contribution in [0.4, 0.5) is 0 Å². The predicted molar refractivity (Wildman–Crippen MR) is 125 cm³/mol. The third-order valence-corrected chi connectivity index (χ3v) is 5.68. The molecule has 7 nitrogen and oxygen atoms in total. The Hall–Kier alpha value is -3.22. The molecule has 2 aromatic carbocycles. The van der Waals surface area contributed by atoms with Gasteiger partial charge in [0.25, 0.3) is 0 Å². The van der Waals surface area contributed by atoms with Crippen LogP contribution in [0.3, 0.4) is 0 Å². The van der Waals surface area contributed by atoms with Gasteiger partial charge in [0.2, 0.25) is 5.91 Å². The molecule has 1 aliphatic heterocycles. The van der Waals surface area contributed by atoms with Crippen molar-refractivity contribution >= 4 is 11.9 Å². The molecule has 2 aromatic rings. The molecule has 0 unspecified atom stereocenters. The lowest BCUT2D eigenvalue weighted by atomic mass is 9.91. The molecule has 33 heavy (non-hydrogen) atoms. The number of hydrogen-bond acceptors (Lipinski definition) is 6. The lowest BCUT2D eigenvalue weighted by Gasteiger charge is -2.38. The third-order valence-electron chi connectivity index (χ3n) is 5.68. The molecule has 178 valence electrons. The van der Waals surface area contributed by atoms with Gasteiger partial charge in [-0.2, -0.15) is 0 Å². The topological polar surface area (TPSA) is 74.3 Å². The van der Waals surface area contributed by atoms with Crippen LogP contribution in [0.2, 0.25) is 0 Å². The van der Waals surface area contributed by atoms with Crippen LogP contribution in [0.25, 0.3) is 0 Å². The Labute approximate surface area is 195 Å². The number of hydrogen-bond donors (Lipinski definition) is 0. The summed E-state index contributed by atoms with van der Waals surface area (Å²) in [4.78, 5) is 26.9. The number of esters is 1. The molecule has 0 aromatic heterocycles. The largest absolute Gasteiger partial charge is 0.493 e. The Kier molecular flexibility index (Phi) is 8.20. The van der Waals surface area contributed by atoms with Crippen molar-refractivity contribution in [2.24, 2.45) is 5.92 Å². The third kappa shape index (κ3) is 5.78. The van der Waals surface area contributed by atoms with Crippen LogP contribution in [-0.4, -0.2) is 50.8 Å². The van der Waals surface area contributed by atoms with Gasteiger partial charge in [0.15, 0.2) is 11.5 Å². The standard InChI is InChI=1S/C26H33NO6/c1-6-32-26(29)18-7-9-20(10-8-18)33-16-22-21-15-24(31-5)23(30-4)14-19(21)11-12-27(22)25(28)13-17(2)3/h7-10,14-15,17,22H,6,11-13,16H2,1-5H3/t22-/m1/s1. The van der Waals surface area contributed by atoms with Crippen LogP contribution in [0.15, 0.2) is 36.4 Å². The maximum atomic E-state index is 13.1. The second-order valence-electron chi connectivity index (χ2n) is 8.41. The van der Waals surface area contributed by atoms with Crippen molar-refractivity contribution in [2.45, 2.75) is 39.7 Å². The van der Waals surface area contributed by atoms with E-state index in [1.165, 1.54) is 0 Å². The predicted octanol–water partition coefficient (Wildman–Crippen LogP) is 4.43. The van der Waals surface area contributed by atoms with Crippen molar-refractivity contribution in [1.82, 2.24) is 4.90 Å². The first kappa shape index (κ1) is 24.4. The van der Waals surface area contributed by atoms with Gasteiger partial charge in [-0.15, -0.1) is 0 Å².